The highest BCUT2D eigenvalue weighted by atomic mass is 16.2. The van der Waals surface area contributed by atoms with Gasteiger partial charge in [0.2, 0.25) is 0 Å². The van der Waals surface area contributed by atoms with E-state index in [1.807, 2.05) is 28.8 Å². The van der Waals surface area contributed by atoms with Crippen LogP contribution in [0.3, 0.4) is 0 Å². The van der Waals surface area contributed by atoms with Crippen molar-refractivity contribution in [2.45, 2.75) is 39.8 Å². The molecule has 0 spiro atoms. The molecule has 6 heteroatoms. The summed E-state index contributed by atoms with van der Waals surface area (Å²) >= 11 is 0. The highest BCUT2D eigenvalue weighted by molar-refractivity contribution is 6.10. The molecule has 0 saturated carbocycles. The fourth-order valence-electron chi connectivity index (χ4n) is 4.10. The standard InChI is InChI=1S/C26H25N5O/c1-4-18-8-10-19(11-9-18)20-12-13-21-15-30(26(32)22(21)14-20)24-7-5-6-23(28-24)25-29-27-16-31(25)17(2)3/h5-14,16-17H,4,15H2,1-3H3. The lowest BCUT2D eigenvalue weighted by Gasteiger charge is -2.16. The number of pyridine rings is 1. The first-order valence-electron chi connectivity index (χ1n) is 11.0. The Hall–Kier alpha value is -3.80. The maximum absolute atomic E-state index is 13.3. The molecule has 4 aromatic rings. The number of hydrogen-bond donors (Lipinski definition) is 0. The molecule has 0 N–H and O–H groups in total. The van der Waals surface area contributed by atoms with Gasteiger partial charge in [-0.05, 0) is 60.7 Å². The van der Waals surface area contributed by atoms with Gasteiger partial charge in [-0.3, -0.25) is 9.69 Å². The summed E-state index contributed by atoms with van der Waals surface area (Å²) in [6, 6.07) is 20.6. The molecule has 0 bridgehead atoms. The summed E-state index contributed by atoms with van der Waals surface area (Å²) in [7, 11) is 0. The topological polar surface area (TPSA) is 63.9 Å². The van der Waals surface area contributed by atoms with Crippen LogP contribution in [0, 0.1) is 0 Å². The van der Waals surface area contributed by atoms with E-state index in [9.17, 15) is 4.79 Å². The van der Waals surface area contributed by atoms with Gasteiger partial charge in [0.1, 0.15) is 17.8 Å². The van der Waals surface area contributed by atoms with E-state index in [0.29, 0.717) is 23.9 Å². The van der Waals surface area contributed by atoms with Gasteiger partial charge in [0.25, 0.3) is 5.91 Å². The summed E-state index contributed by atoms with van der Waals surface area (Å²) in [5, 5.41) is 8.27. The molecule has 0 unspecified atom stereocenters. The minimum absolute atomic E-state index is 0.0259. The minimum atomic E-state index is -0.0259. The zero-order valence-corrected chi connectivity index (χ0v) is 18.5. The second-order valence-electron chi connectivity index (χ2n) is 8.35. The van der Waals surface area contributed by atoms with E-state index in [4.69, 9.17) is 4.98 Å². The molecule has 3 heterocycles. The van der Waals surface area contributed by atoms with Crippen molar-refractivity contribution in [3.8, 4) is 22.6 Å². The molecule has 6 nitrogen and oxygen atoms in total. The van der Waals surface area contributed by atoms with Crippen LogP contribution in [0.25, 0.3) is 22.6 Å². The van der Waals surface area contributed by atoms with Crippen molar-refractivity contribution >= 4 is 11.7 Å². The van der Waals surface area contributed by atoms with Crippen LogP contribution in [-0.4, -0.2) is 25.7 Å². The quantitative estimate of drug-likeness (QED) is 0.436. The van der Waals surface area contributed by atoms with Crippen LogP contribution in [0.4, 0.5) is 5.82 Å². The smallest absolute Gasteiger partial charge is 0.260 e. The summed E-state index contributed by atoms with van der Waals surface area (Å²) in [6.45, 7) is 6.80. The number of aryl methyl sites for hydroxylation is 1. The van der Waals surface area contributed by atoms with Crippen LogP contribution < -0.4 is 4.90 Å². The molecule has 2 aromatic heterocycles. The van der Waals surface area contributed by atoms with Crippen molar-refractivity contribution in [2.75, 3.05) is 4.90 Å². The maximum atomic E-state index is 13.3. The predicted octanol–water partition coefficient (Wildman–Crippen LogP) is 5.31. The average Bonchev–Trinajstić information content (AvgIpc) is 3.44. The van der Waals surface area contributed by atoms with Crippen LogP contribution in [-0.2, 0) is 13.0 Å². The number of nitrogens with zero attached hydrogens (tertiary/aromatic N) is 5. The lowest BCUT2D eigenvalue weighted by atomic mass is 9.99. The van der Waals surface area contributed by atoms with Crippen LogP contribution in [0.15, 0.2) is 67.0 Å². The number of hydrogen-bond acceptors (Lipinski definition) is 4. The zero-order chi connectivity index (χ0) is 22.2. The second-order valence-corrected chi connectivity index (χ2v) is 8.35. The Morgan fingerprint density at radius 2 is 1.78 bits per heavy atom. The molecule has 5 rings (SSSR count). The molecule has 32 heavy (non-hydrogen) atoms. The van der Waals surface area contributed by atoms with Gasteiger partial charge in [-0.2, -0.15) is 0 Å². The Balaban J connectivity index is 1.45. The Labute approximate surface area is 187 Å². The van der Waals surface area contributed by atoms with Crippen molar-refractivity contribution in [1.29, 1.82) is 0 Å². The van der Waals surface area contributed by atoms with Crippen molar-refractivity contribution in [2.24, 2.45) is 0 Å². The lowest BCUT2D eigenvalue weighted by Crippen LogP contribution is -2.24. The molecule has 1 amide bonds. The highest BCUT2D eigenvalue weighted by Gasteiger charge is 2.30. The van der Waals surface area contributed by atoms with E-state index in [1.165, 1.54) is 5.56 Å². The molecule has 0 fully saturated rings. The number of fused-ring (bicyclic) bond motifs is 1. The molecule has 1 aliphatic heterocycles. The average molecular weight is 424 g/mol. The highest BCUT2D eigenvalue weighted by Crippen LogP contribution is 2.32. The van der Waals surface area contributed by atoms with Gasteiger partial charge >= 0.3 is 0 Å². The summed E-state index contributed by atoms with van der Waals surface area (Å²) in [4.78, 5) is 19.8. The third-order valence-corrected chi connectivity index (χ3v) is 5.98. The minimum Gasteiger partial charge on any atom is -0.310 e. The monoisotopic (exact) mass is 423 g/mol. The Morgan fingerprint density at radius 1 is 1.00 bits per heavy atom. The first kappa shape index (κ1) is 20.1. The molecule has 0 saturated heterocycles. The van der Waals surface area contributed by atoms with Gasteiger partial charge in [0.15, 0.2) is 5.82 Å². The number of carbonyl (C=O) groups is 1. The van der Waals surface area contributed by atoms with Crippen LogP contribution in [0.1, 0.15) is 48.3 Å². The molecule has 2 aromatic carbocycles. The number of benzene rings is 2. The number of carbonyl (C=O) groups excluding carboxylic acids is 1. The zero-order valence-electron chi connectivity index (χ0n) is 18.5. The fraction of sp³-hybridized carbons (Fsp3) is 0.231. The van der Waals surface area contributed by atoms with E-state index in [-0.39, 0.29) is 11.9 Å². The molecule has 160 valence electrons. The summed E-state index contributed by atoms with van der Waals surface area (Å²) in [6.07, 6.45) is 2.72. The van der Waals surface area contributed by atoms with Gasteiger partial charge in [-0.25, -0.2) is 4.98 Å². The third kappa shape index (κ3) is 3.47. The van der Waals surface area contributed by atoms with Crippen LogP contribution >= 0.6 is 0 Å². The van der Waals surface area contributed by atoms with E-state index < -0.39 is 0 Å². The van der Waals surface area contributed by atoms with Crippen LogP contribution in [0.5, 0.6) is 0 Å². The van der Waals surface area contributed by atoms with E-state index in [0.717, 1.165) is 28.7 Å². The van der Waals surface area contributed by atoms with E-state index >= 15 is 0 Å². The van der Waals surface area contributed by atoms with Gasteiger partial charge < -0.3 is 4.57 Å². The Morgan fingerprint density at radius 3 is 2.53 bits per heavy atom. The summed E-state index contributed by atoms with van der Waals surface area (Å²) in [5.41, 5.74) is 5.92. The maximum Gasteiger partial charge on any atom is 0.260 e. The first-order valence-corrected chi connectivity index (χ1v) is 11.0. The molecule has 1 aliphatic rings. The van der Waals surface area contributed by atoms with Gasteiger partial charge in [0, 0.05) is 11.6 Å². The number of anilines is 1. The largest absolute Gasteiger partial charge is 0.310 e. The Kier molecular flexibility index (Phi) is 5.05. The van der Waals surface area contributed by atoms with Crippen molar-refractivity contribution in [3.05, 3.63) is 83.7 Å². The van der Waals surface area contributed by atoms with Crippen molar-refractivity contribution in [3.63, 3.8) is 0 Å². The number of rotatable bonds is 5. The molecule has 0 radical (unpaired) electrons. The van der Waals surface area contributed by atoms with Crippen LogP contribution in [0.2, 0.25) is 0 Å². The van der Waals surface area contributed by atoms with Gasteiger partial charge in [-0.1, -0.05) is 49.4 Å². The lowest BCUT2D eigenvalue weighted by molar-refractivity contribution is 0.0996. The summed E-state index contributed by atoms with van der Waals surface area (Å²) in [5.74, 6) is 1.29. The van der Waals surface area contributed by atoms with Gasteiger partial charge in [0.05, 0.1) is 6.54 Å². The number of amides is 1. The second kappa shape index (κ2) is 8.04. The first-order chi connectivity index (χ1) is 15.5. The van der Waals surface area contributed by atoms with E-state index in [2.05, 4.69) is 67.4 Å². The van der Waals surface area contributed by atoms with E-state index in [1.54, 1.807) is 11.2 Å². The third-order valence-electron chi connectivity index (χ3n) is 5.98. The normalized spacial score (nSPS) is 13.1. The predicted molar refractivity (Wildman–Crippen MR) is 125 cm³/mol. The van der Waals surface area contributed by atoms with Crippen molar-refractivity contribution < 1.29 is 4.79 Å². The van der Waals surface area contributed by atoms with Crippen molar-refractivity contribution in [1.82, 2.24) is 19.7 Å². The number of aromatic nitrogens is 4. The molecular formula is C26H25N5O. The Bertz CT molecular complexity index is 1290. The summed E-state index contributed by atoms with van der Waals surface area (Å²) < 4.78 is 1.97. The fourth-order valence-corrected chi connectivity index (χ4v) is 4.10. The van der Waals surface area contributed by atoms with Gasteiger partial charge in [-0.15, -0.1) is 10.2 Å². The SMILES string of the molecule is CCc1ccc(-c2ccc3c(c2)C(=O)N(c2cccc(-c4nncn4C(C)C)n2)C3)cc1. The molecular weight excluding hydrogens is 398 g/mol. The molecule has 0 aliphatic carbocycles. The molecule has 0 atom stereocenters.